The zero-order chi connectivity index (χ0) is 16.1. The van der Waals surface area contributed by atoms with E-state index in [1.165, 1.54) is 16.7 Å². The zero-order valence-electron chi connectivity index (χ0n) is 13.4. The van der Waals surface area contributed by atoms with Gasteiger partial charge in [0.1, 0.15) is 18.0 Å². The first-order valence-corrected chi connectivity index (χ1v) is 8.59. The first kappa shape index (κ1) is 15.7. The maximum absolute atomic E-state index is 5.72. The van der Waals surface area contributed by atoms with E-state index in [9.17, 15) is 0 Å². The molecule has 118 valence electrons. The average Bonchev–Trinajstić information content (AvgIpc) is 3.02. The summed E-state index contributed by atoms with van der Waals surface area (Å²) in [6, 6.07) is 16.9. The molecule has 0 N–H and O–H groups in total. The van der Waals surface area contributed by atoms with Crippen LogP contribution >= 0.6 is 11.8 Å². The lowest BCUT2D eigenvalue weighted by Gasteiger charge is -2.05. The summed E-state index contributed by atoms with van der Waals surface area (Å²) >= 11 is 1.71. The van der Waals surface area contributed by atoms with Crippen molar-refractivity contribution in [3.63, 3.8) is 0 Å². The van der Waals surface area contributed by atoms with Crippen molar-refractivity contribution < 1.29 is 4.84 Å². The number of thioether (sulfide) groups is 1. The lowest BCUT2D eigenvalue weighted by molar-refractivity contribution is 0.0964. The van der Waals surface area contributed by atoms with E-state index in [2.05, 4.69) is 67.4 Å². The molecule has 0 aliphatic carbocycles. The van der Waals surface area contributed by atoms with Gasteiger partial charge >= 0.3 is 0 Å². The third-order valence-electron chi connectivity index (χ3n) is 3.54. The van der Waals surface area contributed by atoms with Gasteiger partial charge in [-0.1, -0.05) is 71.4 Å². The fourth-order valence-corrected chi connectivity index (χ4v) is 2.92. The third-order valence-corrected chi connectivity index (χ3v) is 4.53. The summed E-state index contributed by atoms with van der Waals surface area (Å²) < 4.78 is 1.68. The molecule has 4 heteroatoms. The lowest BCUT2D eigenvalue weighted by atomic mass is 10.2. The second-order valence-corrected chi connectivity index (χ2v) is 6.60. The van der Waals surface area contributed by atoms with Crippen LogP contribution in [-0.4, -0.2) is 9.71 Å². The van der Waals surface area contributed by atoms with Gasteiger partial charge < -0.3 is 4.84 Å². The Morgan fingerprint density at radius 1 is 0.913 bits per heavy atom. The minimum absolute atomic E-state index is 0.540. The number of nitrogens with zero attached hydrogens (tertiary/aromatic N) is 2. The molecule has 3 aromatic rings. The largest absolute Gasteiger partial charge is 0.408 e. The van der Waals surface area contributed by atoms with Gasteiger partial charge in [0.25, 0.3) is 0 Å². The first-order chi connectivity index (χ1) is 11.2. The van der Waals surface area contributed by atoms with Crippen molar-refractivity contribution in [3.8, 4) is 0 Å². The Balaban J connectivity index is 1.51. The Bertz CT molecular complexity index is 684. The molecule has 0 bridgehead atoms. The maximum atomic E-state index is 5.72. The Kier molecular flexibility index (Phi) is 5.03. The van der Waals surface area contributed by atoms with Crippen molar-refractivity contribution in [2.45, 2.75) is 31.2 Å². The fraction of sp³-hybridized carbons (Fsp3) is 0.211. The van der Waals surface area contributed by atoms with E-state index >= 15 is 0 Å². The van der Waals surface area contributed by atoms with E-state index in [0.29, 0.717) is 6.61 Å². The lowest BCUT2D eigenvalue weighted by Crippen LogP contribution is -2.08. The van der Waals surface area contributed by atoms with E-state index in [0.717, 1.165) is 16.3 Å². The number of aryl methyl sites for hydroxylation is 2. The molecular weight excluding hydrogens is 304 g/mol. The van der Waals surface area contributed by atoms with Gasteiger partial charge in [0.05, 0.1) is 6.20 Å². The molecule has 0 radical (unpaired) electrons. The molecule has 0 aliphatic rings. The molecule has 0 amide bonds. The first-order valence-electron chi connectivity index (χ1n) is 7.60. The van der Waals surface area contributed by atoms with Crippen LogP contribution in [0.15, 0.2) is 66.1 Å². The van der Waals surface area contributed by atoms with Crippen LogP contribution in [0, 0.1) is 13.8 Å². The Morgan fingerprint density at radius 3 is 2.17 bits per heavy atom. The number of benzene rings is 2. The molecule has 23 heavy (non-hydrogen) atoms. The zero-order valence-corrected chi connectivity index (χ0v) is 14.2. The number of hydrogen-bond acceptors (Lipinski definition) is 3. The van der Waals surface area contributed by atoms with Gasteiger partial charge in [-0.2, -0.15) is 4.73 Å². The Labute approximate surface area is 141 Å². The van der Waals surface area contributed by atoms with E-state index in [1.54, 1.807) is 22.8 Å². The van der Waals surface area contributed by atoms with Crippen LogP contribution in [0.4, 0.5) is 0 Å². The van der Waals surface area contributed by atoms with Gasteiger partial charge in [-0.3, -0.25) is 0 Å². The highest BCUT2D eigenvalue weighted by Crippen LogP contribution is 2.20. The summed E-state index contributed by atoms with van der Waals surface area (Å²) in [5.41, 5.74) is 4.99. The minimum atomic E-state index is 0.540. The molecule has 0 fully saturated rings. The van der Waals surface area contributed by atoms with E-state index in [1.807, 2.05) is 6.20 Å². The standard InChI is InChI=1S/C19H20N2OS/c1-15-3-7-17(8-4-15)12-22-21-11-19(20-14-21)23-13-18-9-5-16(2)6-10-18/h3-11,14H,12-13H2,1-2H3. The summed E-state index contributed by atoms with van der Waals surface area (Å²) in [6.45, 7) is 4.72. The summed E-state index contributed by atoms with van der Waals surface area (Å²) in [5.74, 6) is 0.912. The van der Waals surface area contributed by atoms with Crippen molar-refractivity contribution in [3.05, 3.63) is 83.3 Å². The van der Waals surface area contributed by atoms with Crippen molar-refractivity contribution in [1.82, 2.24) is 9.71 Å². The molecule has 0 saturated carbocycles. The molecule has 3 nitrogen and oxygen atoms in total. The van der Waals surface area contributed by atoms with Gasteiger partial charge in [-0.25, -0.2) is 4.98 Å². The van der Waals surface area contributed by atoms with Crippen LogP contribution in [0.25, 0.3) is 0 Å². The smallest absolute Gasteiger partial charge is 0.140 e. The number of imidazole rings is 1. The van der Waals surface area contributed by atoms with Gasteiger partial charge in [0.15, 0.2) is 0 Å². The molecule has 0 atom stereocenters. The second-order valence-electron chi connectivity index (χ2n) is 5.61. The number of rotatable bonds is 6. The van der Waals surface area contributed by atoms with Gasteiger partial charge in [0.2, 0.25) is 0 Å². The molecule has 0 unspecified atom stereocenters. The Morgan fingerprint density at radius 2 is 1.52 bits per heavy atom. The highest BCUT2D eigenvalue weighted by molar-refractivity contribution is 7.98. The van der Waals surface area contributed by atoms with Crippen LogP contribution in [0.2, 0.25) is 0 Å². The highest BCUT2D eigenvalue weighted by Gasteiger charge is 2.02. The molecule has 1 aromatic heterocycles. The van der Waals surface area contributed by atoms with E-state index in [4.69, 9.17) is 4.84 Å². The molecule has 2 aromatic carbocycles. The third kappa shape index (κ3) is 4.63. The predicted octanol–water partition coefficient (Wildman–Crippen LogP) is 4.42. The van der Waals surface area contributed by atoms with E-state index < -0.39 is 0 Å². The topological polar surface area (TPSA) is 27.1 Å². The van der Waals surface area contributed by atoms with Crippen molar-refractivity contribution in [1.29, 1.82) is 0 Å². The normalized spacial score (nSPS) is 10.7. The van der Waals surface area contributed by atoms with Crippen LogP contribution in [0.3, 0.4) is 0 Å². The molecule has 0 spiro atoms. The van der Waals surface area contributed by atoms with Crippen LogP contribution < -0.4 is 4.84 Å². The summed E-state index contributed by atoms with van der Waals surface area (Å²) in [5, 5.41) is 0.967. The van der Waals surface area contributed by atoms with Gasteiger partial charge in [-0.15, -0.1) is 0 Å². The van der Waals surface area contributed by atoms with Gasteiger partial charge in [0, 0.05) is 5.75 Å². The minimum Gasteiger partial charge on any atom is -0.408 e. The van der Waals surface area contributed by atoms with Crippen molar-refractivity contribution in [2.24, 2.45) is 0 Å². The number of hydrogen-bond donors (Lipinski definition) is 0. The average molecular weight is 324 g/mol. The quantitative estimate of drug-likeness (QED) is 0.628. The molecule has 3 rings (SSSR count). The molecular formula is C19H20N2OS. The monoisotopic (exact) mass is 324 g/mol. The molecule has 1 heterocycles. The van der Waals surface area contributed by atoms with Crippen LogP contribution in [0.5, 0.6) is 0 Å². The predicted molar refractivity (Wildman–Crippen MR) is 94.4 cm³/mol. The van der Waals surface area contributed by atoms with Crippen molar-refractivity contribution in [2.75, 3.05) is 0 Å². The SMILES string of the molecule is Cc1ccc(COn2cnc(SCc3ccc(C)cc3)c2)cc1. The summed E-state index contributed by atoms with van der Waals surface area (Å²) in [6.07, 6.45) is 3.64. The van der Waals surface area contributed by atoms with Gasteiger partial charge in [-0.05, 0) is 25.0 Å². The van der Waals surface area contributed by atoms with Crippen LogP contribution in [-0.2, 0) is 12.4 Å². The Hall–Kier alpha value is -2.20. The van der Waals surface area contributed by atoms with E-state index in [-0.39, 0.29) is 0 Å². The number of aromatic nitrogens is 2. The second kappa shape index (κ2) is 7.38. The maximum Gasteiger partial charge on any atom is 0.140 e. The fourth-order valence-electron chi connectivity index (χ4n) is 2.11. The molecule has 0 saturated heterocycles. The highest BCUT2D eigenvalue weighted by atomic mass is 32.2. The molecule has 0 aliphatic heterocycles. The summed E-state index contributed by atoms with van der Waals surface area (Å²) in [4.78, 5) is 10.1. The van der Waals surface area contributed by atoms with Crippen molar-refractivity contribution >= 4 is 11.8 Å². The summed E-state index contributed by atoms with van der Waals surface area (Å²) in [7, 11) is 0. The van der Waals surface area contributed by atoms with Crippen LogP contribution in [0.1, 0.15) is 22.3 Å².